The van der Waals surface area contributed by atoms with Crippen LogP contribution in [0.5, 0.6) is 5.75 Å². The molecule has 0 radical (unpaired) electrons. The van der Waals surface area contributed by atoms with Crippen LogP contribution in [0.3, 0.4) is 0 Å². The Morgan fingerprint density at radius 3 is 2.47 bits per heavy atom. The van der Waals surface area contributed by atoms with E-state index < -0.39 is 24.3 Å². The van der Waals surface area contributed by atoms with E-state index in [-0.39, 0.29) is 6.42 Å². The average molecular weight is 236 g/mol. The van der Waals surface area contributed by atoms with E-state index in [2.05, 4.69) is 0 Å². The van der Waals surface area contributed by atoms with E-state index in [1.165, 1.54) is 7.11 Å². The number of carboxylic acid groups (broad SMARTS) is 2. The van der Waals surface area contributed by atoms with Gasteiger partial charge in [0, 0.05) is 17.9 Å². The number of para-hydroxylation sites is 1. The summed E-state index contributed by atoms with van der Waals surface area (Å²) in [6, 6.07) is 6.84. The zero-order valence-electron chi connectivity index (χ0n) is 9.34. The van der Waals surface area contributed by atoms with E-state index in [1.807, 2.05) is 0 Å². The fourth-order valence-corrected chi connectivity index (χ4v) is 1.58. The maximum Gasteiger partial charge on any atom is 0.122 e. The summed E-state index contributed by atoms with van der Waals surface area (Å²) in [6.07, 6.45) is -0.527. The molecule has 0 aliphatic rings. The molecule has 0 heterocycles. The number of hydrogen-bond acceptors (Lipinski definition) is 5. The molecule has 0 amide bonds. The van der Waals surface area contributed by atoms with Crippen molar-refractivity contribution in [2.24, 2.45) is 5.92 Å². The number of benzene rings is 1. The minimum Gasteiger partial charge on any atom is -0.550 e. The Labute approximate surface area is 98.6 Å². The number of carbonyl (C=O) groups excluding carboxylic acids is 2. The third-order valence-corrected chi connectivity index (χ3v) is 2.41. The number of hydrogen-bond donors (Lipinski definition) is 0. The van der Waals surface area contributed by atoms with E-state index in [1.54, 1.807) is 24.3 Å². The van der Waals surface area contributed by atoms with Crippen molar-refractivity contribution in [3.63, 3.8) is 0 Å². The Morgan fingerprint density at radius 1 is 1.29 bits per heavy atom. The number of ether oxygens (including phenoxy) is 1. The highest BCUT2D eigenvalue weighted by atomic mass is 16.5. The lowest BCUT2D eigenvalue weighted by Gasteiger charge is -2.19. The van der Waals surface area contributed by atoms with Crippen LogP contribution in [0, 0.1) is 5.92 Å². The molecule has 1 aromatic rings. The van der Waals surface area contributed by atoms with Crippen molar-refractivity contribution in [2.45, 2.75) is 12.8 Å². The first kappa shape index (κ1) is 13.0. The van der Waals surface area contributed by atoms with Crippen LogP contribution in [0.4, 0.5) is 0 Å². The van der Waals surface area contributed by atoms with Gasteiger partial charge in [-0.15, -0.1) is 0 Å². The van der Waals surface area contributed by atoms with Gasteiger partial charge in [-0.25, -0.2) is 0 Å². The van der Waals surface area contributed by atoms with Crippen LogP contribution in [-0.2, 0) is 16.0 Å². The number of carbonyl (C=O) groups is 2. The van der Waals surface area contributed by atoms with Crippen LogP contribution < -0.4 is 14.9 Å². The molecule has 0 spiro atoms. The molecule has 0 unspecified atom stereocenters. The molecule has 92 valence electrons. The lowest BCUT2D eigenvalue weighted by molar-refractivity contribution is -0.320. The first-order valence-corrected chi connectivity index (χ1v) is 5.07. The number of rotatable bonds is 6. The Balaban J connectivity index is 2.85. The summed E-state index contributed by atoms with van der Waals surface area (Å²) >= 11 is 0. The van der Waals surface area contributed by atoms with E-state index >= 15 is 0 Å². The first-order valence-electron chi connectivity index (χ1n) is 5.07. The SMILES string of the molecule is COc1ccccc1C[C@@H](CC(=O)[O-])C(=O)[O-]. The summed E-state index contributed by atoms with van der Waals surface area (Å²) in [5.41, 5.74) is 0.630. The second-order valence-electron chi connectivity index (χ2n) is 3.61. The van der Waals surface area contributed by atoms with Gasteiger partial charge in [-0.3, -0.25) is 0 Å². The van der Waals surface area contributed by atoms with Crippen LogP contribution >= 0.6 is 0 Å². The maximum absolute atomic E-state index is 10.8. The smallest absolute Gasteiger partial charge is 0.122 e. The van der Waals surface area contributed by atoms with Gasteiger partial charge in [0.25, 0.3) is 0 Å². The number of aliphatic carboxylic acids is 2. The van der Waals surface area contributed by atoms with Crippen LogP contribution in [0.25, 0.3) is 0 Å². The highest BCUT2D eigenvalue weighted by molar-refractivity contribution is 5.75. The third kappa shape index (κ3) is 3.79. The molecule has 5 nitrogen and oxygen atoms in total. The summed E-state index contributed by atoms with van der Waals surface area (Å²) in [7, 11) is 1.46. The van der Waals surface area contributed by atoms with Gasteiger partial charge >= 0.3 is 0 Å². The standard InChI is InChI=1S/C12H14O5/c1-17-10-5-3-2-4-8(10)6-9(12(15)16)7-11(13)14/h2-5,9H,6-7H2,1H3,(H,13,14)(H,15,16)/p-2/t9-/m0/s1. The predicted octanol–water partition coefficient (Wildman–Crippen LogP) is -1.26. The molecule has 0 N–H and O–H groups in total. The van der Waals surface area contributed by atoms with Crippen molar-refractivity contribution in [1.82, 2.24) is 0 Å². The van der Waals surface area contributed by atoms with Crippen LogP contribution in [-0.4, -0.2) is 19.0 Å². The predicted molar refractivity (Wildman–Crippen MR) is 54.8 cm³/mol. The largest absolute Gasteiger partial charge is 0.550 e. The molecule has 0 bridgehead atoms. The summed E-state index contributed by atoms with van der Waals surface area (Å²) in [6.45, 7) is 0. The van der Waals surface area contributed by atoms with Gasteiger partial charge in [-0.2, -0.15) is 0 Å². The second kappa shape index (κ2) is 5.89. The topological polar surface area (TPSA) is 89.5 Å². The van der Waals surface area contributed by atoms with Crippen molar-refractivity contribution < 1.29 is 24.5 Å². The van der Waals surface area contributed by atoms with Gasteiger partial charge in [-0.1, -0.05) is 18.2 Å². The maximum atomic E-state index is 10.8. The van der Waals surface area contributed by atoms with Gasteiger partial charge in [0.1, 0.15) is 5.75 Å². The Morgan fingerprint density at radius 2 is 1.94 bits per heavy atom. The van der Waals surface area contributed by atoms with E-state index in [0.29, 0.717) is 11.3 Å². The van der Waals surface area contributed by atoms with Crippen molar-refractivity contribution in [2.75, 3.05) is 7.11 Å². The molecule has 0 saturated heterocycles. The quantitative estimate of drug-likeness (QED) is 0.615. The Bertz CT molecular complexity index is 413. The zero-order valence-corrected chi connectivity index (χ0v) is 9.34. The first-order chi connectivity index (χ1) is 8.04. The molecule has 1 atom stereocenters. The molecule has 0 fully saturated rings. The Kier molecular flexibility index (Phi) is 4.51. The van der Waals surface area contributed by atoms with E-state index in [0.717, 1.165) is 0 Å². The summed E-state index contributed by atoms with van der Waals surface area (Å²) < 4.78 is 5.05. The lowest BCUT2D eigenvalue weighted by Crippen LogP contribution is -2.37. The summed E-state index contributed by atoms with van der Waals surface area (Å²) in [5, 5.41) is 21.2. The van der Waals surface area contributed by atoms with E-state index in [9.17, 15) is 19.8 Å². The summed E-state index contributed by atoms with van der Waals surface area (Å²) in [5.74, 6) is -3.40. The summed E-state index contributed by atoms with van der Waals surface area (Å²) in [4.78, 5) is 21.2. The van der Waals surface area contributed by atoms with E-state index in [4.69, 9.17) is 4.74 Å². The van der Waals surface area contributed by atoms with Crippen molar-refractivity contribution >= 4 is 11.9 Å². The molecule has 0 saturated carbocycles. The van der Waals surface area contributed by atoms with Gasteiger partial charge in [0.2, 0.25) is 0 Å². The Hall–Kier alpha value is -2.04. The normalized spacial score (nSPS) is 11.8. The van der Waals surface area contributed by atoms with Crippen molar-refractivity contribution in [3.05, 3.63) is 29.8 Å². The lowest BCUT2D eigenvalue weighted by atomic mass is 9.96. The average Bonchev–Trinajstić information content (AvgIpc) is 2.28. The fraction of sp³-hybridized carbons (Fsp3) is 0.333. The number of carboxylic acids is 2. The van der Waals surface area contributed by atoms with Crippen molar-refractivity contribution in [1.29, 1.82) is 0 Å². The molecular weight excluding hydrogens is 224 g/mol. The highest BCUT2D eigenvalue weighted by Gasteiger charge is 2.14. The monoisotopic (exact) mass is 236 g/mol. The molecule has 1 rings (SSSR count). The molecule has 0 aromatic heterocycles. The van der Waals surface area contributed by atoms with Gasteiger partial charge in [0.15, 0.2) is 0 Å². The molecule has 0 aliphatic heterocycles. The molecule has 5 heteroatoms. The zero-order chi connectivity index (χ0) is 12.8. The van der Waals surface area contributed by atoms with Crippen LogP contribution in [0.1, 0.15) is 12.0 Å². The molecule has 1 aromatic carbocycles. The van der Waals surface area contributed by atoms with Gasteiger partial charge in [0.05, 0.1) is 7.11 Å². The van der Waals surface area contributed by atoms with Gasteiger partial charge in [-0.05, 0) is 24.5 Å². The fourth-order valence-electron chi connectivity index (χ4n) is 1.58. The number of methoxy groups -OCH3 is 1. The second-order valence-corrected chi connectivity index (χ2v) is 3.61. The van der Waals surface area contributed by atoms with Gasteiger partial charge < -0.3 is 24.5 Å². The highest BCUT2D eigenvalue weighted by Crippen LogP contribution is 2.21. The van der Waals surface area contributed by atoms with Crippen LogP contribution in [0.15, 0.2) is 24.3 Å². The van der Waals surface area contributed by atoms with Crippen LogP contribution in [0.2, 0.25) is 0 Å². The molecule has 0 aliphatic carbocycles. The van der Waals surface area contributed by atoms with Crippen molar-refractivity contribution in [3.8, 4) is 5.75 Å². The third-order valence-electron chi connectivity index (χ3n) is 2.41. The minimum atomic E-state index is -1.41. The molecular formula is C12H12O5-2. The minimum absolute atomic E-state index is 0.0420. The molecule has 17 heavy (non-hydrogen) atoms.